The maximum absolute atomic E-state index is 12.1. The molecule has 18 heavy (non-hydrogen) atoms. The van der Waals surface area contributed by atoms with E-state index in [1.165, 1.54) is 11.3 Å². The number of hydrogen-bond donors (Lipinski definition) is 2. The SMILES string of the molecule is CCC(C)(C)CNS(=O)(=O)c1cc(CNC)cs1. The summed E-state index contributed by atoms with van der Waals surface area (Å²) in [6.07, 6.45) is 0.935. The molecular formula is C12H22N2O2S2. The molecule has 0 bridgehead atoms. The molecular weight excluding hydrogens is 268 g/mol. The van der Waals surface area contributed by atoms with E-state index in [1.54, 1.807) is 6.07 Å². The third-order valence-electron chi connectivity index (χ3n) is 2.97. The molecule has 2 N–H and O–H groups in total. The summed E-state index contributed by atoms with van der Waals surface area (Å²) >= 11 is 1.26. The van der Waals surface area contributed by atoms with Gasteiger partial charge in [0.2, 0.25) is 10.0 Å². The summed E-state index contributed by atoms with van der Waals surface area (Å²) < 4.78 is 27.3. The molecule has 0 unspecified atom stereocenters. The lowest BCUT2D eigenvalue weighted by molar-refractivity contribution is 0.350. The van der Waals surface area contributed by atoms with Crippen molar-refractivity contribution < 1.29 is 8.42 Å². The van der Waals surface area contributed by atoms with Gasteiger partial charge in [0, 0.05) is 13.1 Å². The predicted octanol–water partition coefficient (Wildman–Crippen LogP) is 2.18. The molecule has 0 amide bonds. The van der Waals surface area contributed by atoms with Gasteiger partial charge in [0.15, 0.2) is 0 Å². The first-order valence-corrected chi connectivity index (χ1v) is 8.39. The smallest absolute Gasteiger partial charge is 0.250 e. The van der Waals surface area contributed by atoms with Crippen molar-refractivity contribution in [3.63, 3.8) is 0 Å². The van der Waals surface area contributed by atoms with E-state index in [9.17, 15) is 8.42 Å². The Balaban J connectivity index is 2.74. The van der Waals surface area contributed by atoms with Crippen molar-refractivity contribution in [2.24, 2.45) is 5.41 Å². The lowest BCUT2D eigenvalue weighted by Crippen LogP contribution is -2.33. The molecule has 1 heterocycles. The average Bonchev–Trinajstić information content (AvgIpc) is 2.77. The van der Waals surface area contributed by atoms with Crippen LogP contribution in [0.1, 0.15) is 32.8 Å². The molecule has 0 aliphatic carbocycles. The van der Waals surface area contributed by atoms with Crippen molar-refractivity contribution in [1.29, 1.82) is 0 Å². The molecule has 0 aromatic carbocycles. The highest BCUT2D eigenvalue weighted by Gasteiger charge is 2.21. The number of sulfonamides is 1. The number of hydrogen-bond acceptors (Lipinski definition) is 4. The maximum Gasteiger partial charge on any atom is 0.250 e. The summed E-state index contributed by atoms with van der Waals surface area (Å²) in [6, 6.07) is 1.72. The van der Waals surface area contributed by atoms with Crippen LogP contribution in [0.25, 0.3) is 0 Å². The van der Waals surface area contributed by atoms with E-state index in [2.05, 4.69) is 30.8 Å². The third-order valence-corrected chi connectivity index (χ3v) is 5.86. The van der Waals surface area contributed by atoms with Crippen LogP contribution in [0.4, 0.5) is 0 Å². The van der Waals surface area contributed by atoms with Crippen molar-refractivity contribution >= 4 is 21.4 Å². The lowest BCUT2D eigenvalue weighted by Gasteiger charge is -2.22. The maximum atomic E-state index is 12.1. The summed E-state index contributed by atoms with van der Waals surface area (Å²) in [5.41, 5.74) is 0.982. The largest absolute Gasteiger partial charge is 0.316 e. The van der Waals surface area contributed by atoms with Gasteiger partial charge in [-0.1, -0.05) is 20.8 Å². The van der Waals surface area contributed by atoms with Gasteiger partial charge < -0.3 is 5.32 Å². The van der Waals surface area contributed by atoms with Gasteiger partial charge in [-0.3, -0.25) is 0 Å². The molecule has 104 valence electrons. The zero-order chi connectivity index (χ0) is 13.8. The van der Waals surface area contributed by atoms with Gasteiger partial charge >= 0.3 is 0 Å². The molecule has 0 fully saturated rings. The minimum Gasteiger partial charge on any atom is -0.316 e. The van der Waals surface area contributed by atoms with Crippen LogP contribution >= 0.6 is 11.3 Å². The quantitative estimate of drug-likeness (QED) is 0.809. The monoisotopic (exact) mass is 290 g/mol. The topological polar surface area (TPSA) is 58.2 Å². The van der Waals surface area contributed by atoms with Gasteiger partial charge in [-0.25, -0.2) is 13.1 Å². The van der Waals surface area contributed by atoms with E-state index in [0.717, 1.165) is 12.0 Å². The van der Waals surface area contributed by atoms with Crippen LogP contribution in [0.2, 0.25) is 0 Å². The molecule has 0 radical (unpaired) electrons. The van der Waals surface area contributed by atoms with Crippen molar-refractivity contribution in [3.8, 4) is 0 Å². The molecule has 6 heteroatoms. The van der Waals surface area contributed by atoms with Gasteiger partial charge in [-0.15, -0.1) is 11.3 Å². The summed E-state index contributed by atoms with van der Waals surface area (Å²) in [6.45, 7) is 7.31. The molecule has 0 saturated carbocycles. The summed E-state index contributed by atoms with van der Waals surface area (Å²) in [5, 5.41) is 4.88. The second kappa shape index (κ2) is 6.14. The van der Waals surface area contributed by atoms with Crippen LogP contribution in [0.15, 0.2) is 15.7 Å². The summed E-state index contributed by atoms with van der Waals surface area (Å²) in [7, 11) is -1.52. The Hall–Kier alpha value is -0.430. The van der Waals surface area contributed by atoms with Crippen LogP contribution in [0.5, 0.6) is 0 Å². The van der Waals surface area contributed by atoms with Crippen LogP contribution in [0.3, 0.4) is 0 Å². The van der Waals surface area contributed by atoms with E-state index in [-0.39, 0.29) is 5.41 Å². The molecule has 0 saturated heterocycles. The fourth-order valence-electron chi connectivity index (χ4n) is 1.28. The van der Waals surface area contributed by atoms with Crippen LogP contribution in [0, 0.1) is 5.41 Å². The second-order valence-electron chi connectivity index (χ2n) is 5.15. The first-order valence-electron chi connectivity index (χ1n) is 6.02. The molecule has 0 aliphatic heterocycles. The van der Waals surface area contributed by atoms with Gasteiger partial charge in [-0.05, 0) is 35.9 Å². The first-order chi connectivity index (χ1) is 8.30. The van der Waals surface area contributed by atoms with Gasteiger partial charge in [-0.2, -0.15) is 0 Å². The van der Waals surface area contributed by atoms with Crippen LogP contribution in [-0.2, 0) is 16.6 Å². The fourth-order valence-corrected chi connectivity index (χ4v) is 3.77. The highest BCUT2D eigenvalue weighted by molar-refractivity contribution is 7.91. The molecule has 1 aromatic heterocycles. The van der Waals surface area contributed by atoms with Crippen molar-refractivity contribution in [2.75, 3.05) is 13.6 Å². The summed E-state index contributed by atoms with van der Waals surface area (Å²) in [4.78, 5) is 0. The molecule has 0 aliphatic rings. The van der Waals surface area contributed by atoms with Crippen molar-refractivity contribution in [2.45, 2.75) is 37.9 Å². The Bertz CT molecular complexity index is 478. The molecule has 0 spiro atoms. The highest BCUT2D eigenvalue weighted by Crippen LogP contribution is 2.22. The van der Waals surface area contributed by atoms with E-state index < -0.39 is 10.0 Å². The zero-order valence-corrected chi connectivity index (χ0v) is 13.0. The van der Waals surface area contributed by atoms with Crippen molar-refractivity contribution in [1.82, 2.24) is 10.0 Å². The Morgan fingerprint density at radius 1 is 1.39 bits per heavy atom. The fraction of sp³-hybridized carbons (Fsp3) is 0.667. The Labute approximate surface area is 114 Å². The first kappa shape index (κ1) is 15.6. The highest BCUT2D eigenvalue weighted by atomic mass is 32.2. The Morgan fingerprint density at radius 3 is 2.61 bits per heavy atom. The van der Waals surface area contributed by atoms with Gasteiger partial charge in [0.1, 0.15) is 4.21 Å². The van der Waals surface area contributed by atoms with E-state index in [0.29, 0.717) is 17.3 Å². The number of rotatable bonds is 7. The molecule has 1 aromatic rings. The number of nitrogens with one attached hydrogen (secondary N) is 2. The summed E-state index contributed by atoms with van der Waals surface area (Å²) in [5.74, 6) is 0. The van der Waals surface area contributed by atoms with E-state index in [1.807, 2.05) is 12.4 Å². The Kier molecular flexibility index (Phi) is 5.33. The molecule has 0 atom stereocenters. The van der Waals surface area contributed by atoms with E-state index >= 15 is 0 Å². The number of thiophene rings is 1. The molecule has 1 rings (SSSR count). The standard InChI is InChI=1S/C12H22N2O2S2/c1-5-12(2,3)9-14-18(15,16)11-6-10(7-13-4)8-17-11/h6,8,13-14H,5,7,9H2,1-4H3. The minimum atomic E-state index is -3.36. The zero-order valence-electron chi connectivity index (χ0n) is 11.4. The van der Waals surface area contributed by atoms with Gasteiger partial charge in [0.05, 0.1) is 0 Å². The Morgan fingerprint density at radius 2 is 2.06 bits per heavy atom. The van der Waals surface area contributed by atoms with E-state index in [4.69, 9.17) is 0 Å². The van der Waals surface area contributed by atoms with Crippen LogP contribution in [-0.4, -0.2) is 22.0 Å². The normalized spacial score (nSPS) is 12.9. The minimum absolute atomic E-state index is 0.0157. The van der Waals surface area contributed by atoms with Gasteiger partial charge in [0.25, 0.3) is 0 Å². The average molecular weight is 290 g/mol. The third kappa shape index (κ3) is 4.35. The van der Waals surface area contributed by atoms with Crippen molar-refractivity contribution in [3.05, 3.63) is 17.0 Å². The lowest BCUT2D eigenvalue weighted by atomic mass is 9.91. The van der Waals surface area contributed by atoms with Crippen LogP contribution < -0.4 is 10.0 Å². The second-order valence-corrected chi connectivity index (χ2v) is 8.05. The predicted molar refractivity (Wildman–Crippen MR) is 76.3 cm³/mol. The molecule has 4 nitrogen and oxygen atoms in total.